The van der Waals surface area contributed by atoms with Gasteiger partial charge in [-0.2, -0.15) is 11.8 Å². The molecule has 1 aromatic carbocycles. The summed E-state index contributed by atoms with van der Waals surface area (Å²) in [5.41, 5.74) is 1.65. The van der Waals surface area contributed by atoms with E-state index in [4.69, 9.17) is 0 Å². The van der Waals surface area contributed by atoms with Crippen LogP contribution in [0.1, 0.15) is 32.8 Å². The molecule has 1 aromatic rings. The molecule has 0 saturated carbocycles. The van der Waals surface area contributed by atoms with Crippen molar-refractivity contribution in [2.45, 2.75) is 38.6 Å². The molecule has 0 saturated heterocycles. The van der Waals surface area contributed by atoms with E-state index in [-0.39, 0.29) is 5.41 Å². The van der Waals surface area contributed by atoms with E-state index in [0.717, 1.165) is 24.5 Å². The number of rotatable bonds is 9. The molecule has 0 radical (unpaired) electrons. The zero-order valence-electron chi connectivity index (χ0n) is 12.5. The van der Waals surface area contributed by atoms with Gasteiger partial charge in [0.2, 0.25) is 0 Å². The lowest BCUT2D eigenvalue weighted by molar-refractivity contribution is 0.395. The van der Waals surface area contributed by atoms with Gasteiger partial charge in [-0.05, 0) is 24.3 Å². The highest BCUT2D eigenvalue weighted by molar-refractivity contribution is 7.99. The molecule has 0 spiro atoms. The summed E-state index contributed by atoms with van der Waals surface area (Å²) < 4.78 is 0. The largest absolute Gasteiger partial charge is 0.313 e. The summed E-state index contributed by atoms with van der Waals surface area (Å²) in [5, 5.41) is 3.61. The standard InChI is InChI=1S/C17H27NS/c1-5-12-19-13-11-18-15(2)14-17(3,4)16-9-7-6-8-10-16/h5-10,15,18H,1,11-14H2,2-4H3. The minimum atomic E-state index is 0.224. The quantitative estimate of drug-likeness (QED) is 0.535. The Balaban J connectivity index is 2.34. The van der Waals surface area contributed by atoms with Crippen LogP contribution < -0.4 is 5.32 Å². The van der Waals surface area contributed by atoms with Crippen molar-refractivity contribution in [3.63, 3.8) is 0 Å². The average Bonchev–Trinajstić information content (AvgIpc) is 2.39. The van der Waals surface area contributed by atoms with Crippen LogP contribution in [0, 0.1) is 0 Å². The minimum Gasteiger partial charge on any atom is -0.313 e. The van der Waals surface area contributed by atoms with Crippen molar-refractivity contribution < 1.29 is 0 Å². The van der Waals surface area contributed by atoms with Gasteiger partial charge in [0, 0.05) is 24.1 Å². The van der Waals surface area contributed by atoms with Gasteiger partial charge in [0.25, 0.3) is 0 Å². The lowest BCUT2D eigenvalue weighted by Crippen LogP contribution is -2.34. The van der Waals surface area contributed by atoms with Gasteiger partial charge in [-0.15, -0.1) is 6.58 Å². The summed E-state index contributed by atoms with van der Waals surface area (Å²) in [7, 11) is 0. The number of hydrogen-bond donors (Lipinski definition) is 1. The molecular weight excluding hydrogens is 250 g/mol. The fourth-order valence-electron chi connectivity index (χ4n) is 2.39. The second kappa shape index (κ2) is 8.44. The predicted octanol–water partition coefficient (Wildman–Crippen LogP) is 4.25. The van der Waals surface area contributed by atoms with Crippen molar-refractivity contribution in [2.75, 3.05) is 18.1 Å². The summed E-state index contributed by atoms with van der Waals surface area (Å²) in [5.74, 6) is 2.20. The van der Waals surface area contributed by atoms with Crippen molar-refractivity contribution in [2.24, 2.45) is 0 Å². The Morgan fingerprint density at radius 3 is 2.63 bits per heavy atom. The number of thioether (sulfide) groups is 1. The Morgan fingerprint density at radius 2 is 2.00 bits per heavy atom. The van der Waals surface area contributed by atoms with Gasteiger partial charge in [-0.3, -0.25) is 0 Å². The maximum Gasteiger partial charge on any atom is 0.0111 e. The zero-order valence-corrected chi connectivity index (χ0v) is 13.3. The second-order valence-corrected chi connectivity index (χ2v) is 6.82. The lowest BCUT2D eigenvalue weighted by atomic mass is 9.79. The van der Waals surface area contributed by atoms with Gasteiger partial charge in [0.05, 0.1) is 0 Å². The monoisotopic (exact) mass is 277 g/mol. The number of benzene rings is 1. The Hall–Kier alpha value is -0.730. The molecule has 1 N–H and O–H groups in total. The molecule has 1 unspecified atom stereocenters. The van der Waals surface area contributed by atoms with E-state index in [9.17, 15) is 0 Å². The van der Waals surface area contributed by atoms with Gasteiger partial charge in [0.1, 0.15) is 0 Å². The zero-order chi connectivity index (χ0) is 14.1. The van der Waals surface area contributed by atoms with E-state index in [1.165, 1.54) is 5.56 Å². The smallest absolute Gasteiger partial charge is 0.0111 e. The molecule has 0 amide bonds. The Kier molecular flexibility index (Phi) is 7.25. The Morgan fingerprint density at radius 1 is 1.32 bits per heavy atom. The van der Waals surface area contributed by atoms with Crippen LogP contribution in [0.4, 0.5) is 0 Å². The number of nitrogens with one attached hydrogen (secondary N) is 1. The third-order valence-corrected chi connectivity index (χ3v) is 4.31. The van der Waals surface area contributed by atoms with Crippen molar-refractivity contribution in [1.29, 1.82) is 0 Å². The van der Waals surface area contributed by atoms with Crippen LogP contribution >= 0.6 is 11.8 Å². The van der Waals surface area contributed by atoms with Gasteiger partial charge in [-0.1, -0.05) is 50.3 Å². The van der Waals surface area contributed by atoms with E-state index >= 15 is 0 Å². The van der Waals surface area contributed by atoms with Crippen LogP contribution in [-0.2, 0) is 5.41 Å². The molecule has 0 aliphatic rings. The third-order valence-electron chi connectivity index (χ3n) is 3.35. The van der Waals surface area contributed by atoms with E-state index in [2.05, 4.69) is 63.0 Å². The average molecular weight is 277 g/mol. The van der Waals surface area contributed by atoms with E-state index < -0.39 is 0 Å². The molecule has 106 valence electrons. The highest BCUT2D eigenvalue weighted by Crippen LogP contribution is 2.27. The highest BCUT2D eigenvalue weighted by atomic mass is 32.2. The second-order valence-electron chi connectivity index (χ2n) is 5.67. The van der Waals surface area contributed by atoms with Crippen LogP contribution in [-0.4, -0.2) is 24.1 Å². The van der Waals surface area contributed by atoms with Gasteiger partial charge < -0.3 is 5.32 Å². The maximum absolute atomic E-state index is 3.73. The lowest BCUT2D eigenvalue weighted by Gasteiger charge is -2.29. The molecular formula is C17H27NS. The summed E-state index contributed by atoms with van der Waals surface area (Å²) in [6.07, 6.45) is 3.12. The fraction of sp³-hybridized carbons (Fsp3) is 0.529. The van der Waals surface area contributed by atoms with Gasteiger partial charge in [-0.25, -0.2) is 0 Å². The van der Waals surface area contributed by atoms with Crippen molar-refractivity contribution >= 4 is 11.8 Å². The maximum atomic E-state index is 3.73. The summed E-state index contributed by atoms with van der Waals surface area (Å²) in [6.45, 7) is 11.7. The topological polar surface area (TPSA) is 12.0 Å². The van der Waals surface area contributed by atoms with E-state index in [1.54, 1.807) is 0 Å². The summed E-state index contributed by atoms with van der Waals surface area (Å²) in [4.78, 5) is 0. The molecule has 19 heavy (non-hydrogen) atoms. The highest BCUT2D eigenvalue weighted by Gasteiger charge is 2.22. The molecule has 0 aliphatic heterocycles. The molecule has 0 aliphatic carbocycles. The van der Waals surface area contributed by atoms with Gasteiger partial charge in [0.15, 0.2) is 0 Å². The fourth-order valence-corrected chi connectivity index (χ4v) is 2.98. The minimum absolute atomic E-state index is 0.224. The first-order valence-corrected chi connectivity index (χ1v) is 8.19. The SMILES string of the molecule is C=CCSCCNC(C)CC(C)(C)c1ccccc1. The van der Waals surface area contributed by atoms with E-state index in [0.29, 0.717) is 6.04 Å². The van der Waals surface area contributed by atoms with Crippen LogP contribution in [0.25, 0.3) is 0 Å². The summed E-state index contributed by atoms with van der Waals surface area (Å²) >= 11 is 1.93. The molecule has 0 heterocycles. The predicted molar refractivity (Wildman–Crippen MR) is 89.1 cm³/mol. The molecule has 0 bridgehead atoms. The molecule has 1 atom stereocenters. The van der Waals surface area contributed by atoms with Crippen LogP contribution in [0.3, 0.4) is 0 Å². The normalized spacial score (nSPS) is 13.2. The van der Waals surface area contributed by atoms with Crippen molar-refractivity contribution in [3.05, 3.63) is 48.6 Å². The van der Waals surface area contributed by atoms with Crippen molar-refractivity contribution in [1.82, 2.24) is 5.32 Å². The van der Waals surface area contributed by atoms with Crippen LogP contribution in [0.2, 0.25) is 0 Å². The molecule has 0 fully saturated rings. The first-order chi connectivity index (χ1) is 9.06. The molecule has 2 heteroatoms. The Labute approximate surface area is 122 Å². The third kappa shape index (κ3) is 6.31. The van der Waals surface area contributed by atoms with Crippen molar-refractivity contribution in [3.8, 4) is 0 Å². The van der Waals surface area contributed by atoms with E-state index in [1.807, 2.05) is 17.8 Å². The van der Waals surface area contributed by atoms with Crippen LogP contribution in [0.15, 0.2) is 43.0 Å². The Bertz CT molecular complexity index is 359. The molecule has 1 nitrogen and oxygen atoms in total. The first kappa shape index (κ1) is 16.3. The molecule has 0 aromatic heterocycles. The van der Waals surface area contributed by atoms with Crippen LogP contribution in [0.5, 0.6) is 0 Å². The molecule has 1 rings (SSSR count). The first-order valence-electron chi connectivity index (χ1n) is 7.04. The summed E-state index contributed by atoms with van der Waals surface area (Å²) in [6, 6.07) is 11.3. The number of hydrogen-bond acceptors (Lipinski definition) is 2. The van der Waals surface area contributed by atoms with Gasteiger partial charge >= 0.3 is 0 Å².